The summed E-state index contributed by atoms with van der Waals surface area (Å²) in [6.07, 6.45) is 5.47. The minimum absolute atomic E-state index is 0. The van der Waals surface area contributed by atoms with Crippen LogP contribution < -0.4 is 10.6 Å². The van der Waals surface area contributed by atoms with Crippen molar-refractivity contribution in [2.75, 3.05) is 67.0 Å². The van der Waals surface area contributed by atoms with E-state index in [9.17, 15) is 0 Å². The maximum absolute atomic E-state index is 4.46. The first-order valence-corrected chi connectivity index (χ1v) is 10.6. The lowest BCUT2D eigenvalue weighted by Crippen LogP contribution is -2.56. The summed E-state index contributed by atoms with van der Waals surface area (Å²) < 4.78 is 0. The van der Waals surface area contributed by atoms with E-state index in [4.69, 9.17) is 0 Å². The number of hydrogen-bond donors (Lipinski definition) is 2. The molecule has 2 heterocycles. The minimum atomic E-state index is 0. The summed E-state index contributed by atoms with van der Waals surface area (Å²) >= 11 is 0. The number of likely N-dealkylation sites (N-methyl/N-ethyl adjacent to an activating group) is 2. The highest BCUT2D eigenvalue weighted by Gasteiger charge is 2.24. The van der Waals surface area contributed by atoms with E-state index in [2.05, 4.69) is 58.3 Å². The molecule has 27 heavy (non-hydrogen) atoms. The Hall–Kier alpha value is -0.120. The maximum atomic E-state index is 4.46. The zero-order valence-corrected chi connectivity index (χ0v) is 20.5. The van der Waals surface area contributed by atoms with E-state index in [1.807, 2.05) is 7.05 Å². The van der Waals surface area contributed by atoms with Gasteiger partial charge in [-0.05, 0) is 45.9 Å². The van der Waals surface area contributed by atoms with E-state index in [0.717, 1.165) is 38.7 Å². The molecule has 0 aromatic rings. The highest BCUT2D eigenvalue weighted by Crippen LogP contribution is 2.17. The molecule has 2 aliphatic rings. The molecule has 0 aliphatic carbocycles. The van der Waals surface area contributed by atoms with E-state index in [1.165, 1.54) is 38.8 Å². The molecule has 7 heteroatoms. The Morgan fingerprint density at radius 1 is 1.00 bits per heavy atom. The highest BCUT2D eigenvalue weighted by molar-refractivity contribution is 14.0. The third-order valence-electron chi connectivity index (χ3n) is 6.07. The summed E-state index contributed by atoms with van der Waals surface area (Å²) in [6, 6.07) is 1.12. The normalized spacial score (nSPS) is 25.0. The summed E-state index contributed by atoms with van der Waals surface area (Å²) in [5.74, 6) is 1.59. The van der Waals surface area contributed by atoms with Gasteiger partial charge in [-0.25, -0.2) is 0 Å². The molecule has 2 aliphatic heterocycles. The van der Waals surface area contributed by atoms with E-state index < -0.39 is 0 Å². The lowest BCUT2D eigenvalue weighted by Gasteiger charge is -2.38. The third kappa shape index (κ3) is 8.41. The summed E-state index contributed by atoms with van der Waals surface area (Å²) in [4.78, 5) is 12.0. The molecule has 0 aromatic heterocycles. The van der Waals surface area contributed by atoms with Gasteiger partial charge in [-0.1, -0.05) is 26.7 Å². The molecule has 2 rings (SSSR count). The Morgan fingerprint density at radius 2 is 1.67 bits per heavy atom. The predicted octanol–water partition coefficient (Wildman–Crippen LogP) is 1.92. The number of guanidine groups is 1. The van der Waals surface area contributed by atoms with Crippen LogP contribution in [0.4, 0.5) is 0 Å². The fourth-order valence-corrected chi connectivity index (χ4v) is 4.17. The molecule has 0 radical (unpaired) electrons. The van der Waals surface area contributed by atoms with Crippen molar-refractivity contribution in [1.29, 1.82) is 0 Å². The number of halogens is 1. The van der Waals surface area contributed by atoms with Gasteiger partial charge in [0.1, 0.15) is 0 Å². The first kappa shape index (κ1) is 24.9. The van der Waals surface area contributed by atoms with Gasteiger partial charge in [-0.3, -0.25) is 14.8 Å². The number of rotatable bonds is 6. The topological polar surface area (TPSA) is 46.1 Å². The Morgan fingerprint density at radius 3 is 2.26 bits per heavy atom. The van der Waals surface area contributed by atoms with Crippen molar-refractivity contribution in [1.82, 2.24) is 25.3 Å². The molecule has 0 amide bonds. The minimum Gasteiger partial charge on any atom is -0.355 e. The summed E-state index contributed by atoms with van der Waals surface area (Å²) in [5.41, 5.74) is 0. The van der Waals surface area contributed by atoms with Gasteiger partial charge in [0.05, 0.1) is 0 Å². The monoisotopic (exact) mass is 494 g/mol. The van der Waals surface area contributed by atoms with Crippen LogP contribution in [-0.2, 0) is 0 Å². The number of nitrogens with one attached hydrogen (secondary N) is 2. The molecular weight excluding hydrogens is 451 g/mol. The average molecular weight is 495 g/mol. The molecule has 0 aromatic carbocycles. The fraction of sp³-hybridized carbons (Fsp3) is 0.950. The van der Waals surface area contributed by atoms with E-state index in [-0.39, 0.29) is 24.0 Å². The predicted molar refractivity (Wildman–Crippen MR) is 127 cm³/mol. The second-order valence-electron chi connectivity index (χ2n) is 8.49. The Kier molecular flexibility index (Phi) is 12.2. The van der Waals surface area contributed by atoms with Gasteiger partial charge in [-0.2, -0.15) is 0 Å². The molecule has 2 atom stereocenters. The van der Waals surface area contributed by atoms with E-state index in [0.29, 0.717) is 18.0 Å². The molecule has 0 saturated carbocycles. The molecule has 2 saturated heterocycles. The number of aliphatic imine (C=N–C) groups is 1. The first-order chi connectivity index (χ1) is 12.5. The van der Waals surface area contributed by atoms with Crippen LogP contribution in [0.15, 0.2) is 4.99 Å². The highest BCUT2D eigenvalue weighted by atomic mass is 127. The van der Waals surface area contributed by atoms with Gasteiger partial charge in [0.25, 0.3) is 0 Å². The third-order valence-corrected chi connectivity index (χ3v) is 6.07. The molecule has 0 spiro atoms. The summed E-state index contributed by atoms with van der Waals surface area (Å²) in [5, 5.41) is 7.15. The zero-order valence-electron chi connectivity index (χ0n) is 18.2. The van der Waals surface area contributed by atoms with Crippen molar-refractivity contribution >= 4 is 29.9 Å². The maximum Gasteiger partial charge on any atom is 0.191 e. The quantitative estimate of drug-likeness (QED) is 0.336. The van der Waals surface area contributed by atoms with Crippen LogP contribution in [-0.4, -0.2) is 99.7 Å². The van der Waals surface area contributed by atoms with Gasteiger partial charge in [0.2, 0.25) is 0 Å². The standard InChI is InChI=1S/C20H42N6.HI/c1-17(2)19(26-10-8-6-7-9-11-26)15-23-20(21-3)22-14-18-16-24(4)12-13-25(18)5;/h17-19H,6-16H2,1-5H3,(H2,21,22,23);1H. The van der Waals surface area contributed by atoms with Gasteiger partial charge in [-0.15, -0.1) is 24.0 Å². The molecule has 2 fully saturated rings. The smallest absolute Gasteiger partial charge is 0.191 e. The Balaban J connectivity index is 0.00000364. The van der Waals surface area contributed by atoms with Crippen molar-refractivity contribution in [2.24, 2.45) is 10.9 Å². The van der Waals surface area contributed by atoms with Crippen molar-refractivity contribution in [3.05, 3.63) is 0 Å². The second kappa shape index (κ2) is 13.2. The Labute approximate surface area is 184 Å². The Bertz CT molecular complexity index is 423. The lowest BCUT2D eigenvalue weighted by molar-refractivity contribution is 0.116. The zero-order chi connectivity index (χ0) is 18.9. The second-order valence-corrected chi connectivity index (χ2v) is 8.49. The molecule has 2 N–H and O–H groups in total. The van der Waals surface area contributed by atoms with Crippen LogP contribution in [0.3, 0.4) is 0 Å². The van der Waals surface area contributed by atoms with Crippen molar-refractivity contribution in [3.8, 4) is 0 Å². The number of hydrogen-bond acceptors (Lipinski definition) is 4. The summed E-state index contributed by atoms with van der Waals surface area (Å²) in [6.45, 7) is 12.5. The van der Waals surface area contributed by atoms with Crippen molar-refractivity contribution in [2.45, 2.75) is 51.6 Å². The van der Waals surface area contributed by atoms with Crippen LogP contribution in [0.25, 0.3) is 0 Å². The lowest BCUT2D eigenvalue weighted by atomic mass is 10.0. The molecule has 160 valence electrons. The van der Waals surface area contributed by atoms with Crippen LogP contribution in [0.1, 0.15) is 39.5 Å². The summed E-state index contributed by atoms with van der Waals surface area (Å²) in [7, 11) is 6.31. The SMILES string of the molecule is CN=C(NCC1CN(C)CCN1C)NCC(C(C)C)N1CCCCCC1.I. The molecule has 6 nitrogen and oxygen atoms in total. The number of nitrogens with zero attached hydrogens (tertiary/aromatic N) is 4. The largest absolute Gasteiger partial charge is 0.355 e. The van der Waals surface area contributed by atoms with Crippen molar-refractivity contribution in [3.63, 3.8) is 0 Å². The van der Waals surface area contributed by atoms with E-state index in [1.54, 1.807) is 0 Å². The van der Waals surface area contributed by atoms with Gasteiger partial charge in [0, 0.05) is 51.9 Å². The molecule has 0 bridgehead atoms. The fourth-order valence-electron chi connectivity index (χ4n) is 4.17. The van der Waals surface area contributed by atoms with E-state index >= 15 is 0 Å². The van der Waals surface area contributed by atoms with Crippen LogP contribution in [0.5, 0.6) is 0 Å². The molecular formula is C20H43IN6. The average Bonchev–Trinajstić information content (AvgIpc) is 2.89. The van der Waals surface area contributed by atoms with Gasteiger partial charge in [0.15, 0.2) is 5.96 Å². The number of likely N-dealkylation sites (tertiary alicyclic amines) is 1. The molecule has 2 unspecified atom stereocenters. The van der Waals surface area contributed by atoms with Crippen molar-refractivity contribution < 1.29 is 0 Å². The van der Waals surface area contributed by atoms with Crippen LogP contribution in [0.2, 0.25) is 0 Å². The van der Waals surface area contributed by atoms with Crippen LogP contribution in [0, 0.1) is 5.92 Å². The van der Waals surface area contributed by atoms with Crippen LogP contribution >= 0.6 is 24.0 Å². The van der Waals surface area contributed by atoms with Gasteiger partial charge >= 0.3 is 0 Å². The number of piperazine rings is 1. The van der Waals surface area contributed by atoms with Gasteiger partial charge < -0.3 is 15.5 Å². The first-order valence-electron chi connectivity index (χ1n) is 10.6.